The first-order valence-corrected chi connectivity index (χ1v) is 24.0. The van der Waals surface area contributed by atoms with Gasteiger partial charge < -0.3 is 19.6 Å². The van der Waals surface area contributed by atoms with Gasteiger partial charge in [0.05, 0.1) is 0 Å². The van der Waals surface area contributed by atoms with Crippen LogP contribution in [0.3, 0.4) is 0 Å². The third-order valence-electron chi connectivity index (χ3n) is 14.2. The normalized spacial score (nSPS) is 14.7. The van der Waals surface area contributed by atoms with Crippen LogP contribution in [0, 0.1) is 13.8 Å². The van der Waals surface area contributed by atoms with Crippen LogP contribution in [0.1, 0.15) is 136 Å². The summed E-state index contributed by atoms with van der Waals surface area (Å²) >= 11 is 0. The Hall–Kier alpha value is -3.28. The molecule has 0 saturated carbocycles. The van der Waals surface area contributed by atoms with Crippen molar-refractivity contribution in [3.63, 3.8) is 0 Å². The molecule has 4 aromatic rings. The zero-order chi connectivity index (χ0) is 42.9. The summed E-state index contributed by atoms with van der Waals surface area (Å²) in [4.78, 5) is 9.38. The lowest BCUT2D eigenvalue weighted by Gasteiger charge is -2.34. The van der Waals surface area contributed by atoms with Crippen LogP contribution in [-0.2, 0) is 10.8 Å². The number of nitrogens with zero attached hydrogens (tertiary/aromatic N) is 4. The highest BCUT2D eigenvalue weighted by molar-refractivity contribution is 5.87. The number of hydrogen-bond donors (Lipinski definition) is 0. The van der Waals surface area contributed by atoms with Crippen molar-refractivity contribution in [3.8, 4) is 33.4 Å². The van der Waals surface area contributed by atoms with Gasteiger partial charge in [0.25, 0.3) is 0 Å². The average molecular weight is 811 g/mol. The van der Waals surface area contributed by atoms with Gasteiger partial charge in [-0.3, -0.25) is 0 Å². The third kappa shape index (κ3) is 10.8. The van der Waals surface area contributed by atoms with Crippen LogP contribution in [0.5, 0.6) is 0 Å². The molecule has 2 aliphatic carbocycles. The molecule has 0 aromatic heterocycles. The van der Waals surface area contributed by atoms with Crippen molar-refractivity contribution in [2.75, 3.05) is 82.6 Å². The van der Waals surface area contributed by atoms with Crippen molar-refractivity contribution in [2.45, 2.75) is 127 Å². The molecule has 0 N–H and O–H groups in total. The largest absolute Gasteiger partial charge is 0.309 e. The molecule has 0 atom stereocenters. The van der Waals surface area contributed by atoms with Gasteiger partial charge in [0, 0.05) is 10.8 Å². The Morgan fingerprint density at radius 3 is 0.867 bits per heavy atom. The molecule has 0 aliphatic heterocycles. The summed E-state index contributed by atoms with van der Waals surface area (Å²) in [6.07, 6.45) is 20.2. The second-order valence-electron chi connectivity index (χ2n) is 20.2. The van der Waals surface area contributed by atoms with Crippen LogP contribution < -0.4 is 0 Å². The molecular weight excluding hydrogens is 729 g/mol. The van der Waals surface area contributed by atoms with Crippen molar-refractivity contribution in [2.24, 2.45) is 0 Å². The minimum absolute atomic E-state index is 0.0519. The fourth-order valence-corrected chi connectivity index (χ4v) is 11.0. The zero-order valence-electron chi connectivity index (χ0n) is 39.9. The Labute approximate surface area is 367 Å². The maximum Gasteiger partial charge on any atom is 0.0215 e. The summed E-state index contributed by atoms with van der Waals surface area (Å²) < 4.78 is 0. The first-order valence-electron chi connectivity index (χ1n) is 24.0. The van der Waals surface area contributed by atoms with Gasteiger partial charge in [-0.05, 0) is 216 Å². The van der Waals surface area contributed by atoms with Gasteiger partial charge in [-0.1, -0.05) is 123 Å². The van der Waals surface area contributed by atoms with E-state index in [1.165, 1.54) is 173 Å². The van der Waals surface area contributed by atoms with Crippen LogP contribution in [-0.4, -0.2) is 102 Å². The van der Waals surface area contributed by atoms with Crippen LogP contribution in [0.4, 0.5) is 0 Å². The number of aryl methyl sites for hydroxylation is 2. The maximum absolute atomic E-state index is 2.67. The fourth-order valence-electron chi connectivity index (χ4n) is 11.0. The van der Waals surface area contributed by atoms with Crippen molar-refractivity contribution in [1.29, 1.82) is 0 Å². The lowest BCUT2D eigenvalue weighted by Crippen LogP contribution is -2.26. The molecule has 6 rings (SSSR count). The fraction of sp³-hybridized carbons (Fsp3) is 0.571. The van der Waals surface area contributed by atoms with Crippen molar-refractivity contribution in [1.82, 2.24) is 19.6 Å². The van der Waals surface area contributed by atoms with E-state index in [1.807, 2.05) is 0 Å². The van der Waals surface area contributed by atoms with Crippen LogP contribution >= 0.6 is 0 Å². The van der Waals surface area contributed by atoms with Gasteiger partial charge in [-0.15, -0.1) is 0 Å². The van der Waals surface area contributed by atoms with Gasteiger partial charge in [-0.2, -0.15) is 0 Å². The first-order chi connectivity index (χ1) is 28.8. The molecule has 0 unspecified atom stereocenters. The molecule has 4 aromatic carbocycles. The summed E-state index contributed by atoms with van der Waals surface area (Å²) in [5, 5.41) is 0. The Bertz CT molecular complexity index is 1810. The Balaban J connectivity index is 1.41. The van der Waals surface area contributed by atoms with Crippen LogP contribution in [0.15, 0.2) is 72.8 Å². The van der Waals surface area contributed by atoms with E-state index in [-0.39, 0.29) is 10.8 Å². The van der Waals surface area contributed by atoms with Crippen LogP contribution in [0.25, 0.3) is 33.4 Å². The monoisotopic (exact) mass is 811 g/mol. The minimum Gasteiger partial charge on any atom is -0.309 e. The molecule has 0 amide bonds. The molecule has 0 radical (unpaired) electrons. The van der Waals surface area contributed by atoms with Crippen molar-refractivity contribution in [3.05, 3.63) is 106 Å². The van der Waals surface area contributed by atoms with Gasteiger partial charge >= 0.3 is 0 Å². The second-order valence-corrected chi connectivity index (χ2v) is 20.2. The third-order valence-corrected chi connectivity index (χ3v) is 14.2. The smallest absolute Gasteiger partial charge is 0.0215 e. The SMILES string of the molecule is Cc1ccc2c(c1)C(CCCCCN(C)C)(CCCCCN(C)C)c1cc(-c3ccc4c(c3)C(CCCCCN(C)C)(CCCCCN(C)C)c3cc(C)ccc3-4)ccc1-2. The lowest BCUT2D eigenvalue weighted by atomic mass is 9.69. The Morgan fingerprint density at radius 2 is 0.583 bits per heavy atom. The molecule has 0 spiro atoms. The number of fused-ring (bicyclic) bond motifs is 6. The number of rotatable bonds is 25. The van der Waals surface area contributed by atoms with Gasteiger partial charge in [0.15, 0.2) is 0 Å². The summed E-state index contributed by atoms with van der Waals surface area (Å²) in [6.45, 7) is 9.28. The van der Waals surface area contributed by atoms with Crippen molar-refractivity contribution >= 4 is 0 Å². The highest BCUT2D eigenvalue weighted by Gasteiger charge is 2.44. The topological polar surface area (TPSA) is 13.0 Å². The molecule has 326 valence electrons. The zero-order valence-corrected chi connectivity index (χ0v) is 39.9. The van der Waals surface area contributed by atoms with Crippen LogP contribution in [0.2, 0.25) is 0 Å². The summed E-state index contributed by atoms with van der Waals surface area (Å²) in [6, 6.07) is 30.0. The molecule has 4 heteroatoms. The Morgan fingerprint density at radius 1 is 0.317 bits per heavy atom. The van der Waals surface area contributed by atoms with E-state index in [0.29, 0.717) is 0 Å². The van der Waals surface area contributed by atoms with E-state index >= 15 is 0 Å². The number of benzene rings is 4. The molecule has 60 heavy (non-hydrogen) atoms. The number of hydrogen-bond acceptors (Lipinski definition) is 4. The second kappa shape index (κ2) is 21.2. The quantitative estimate of drug-likeness (QED) is 0.0618. The molecule has 0 saturated heterocycles. The van der Waals surface area contributed by atoms with E-state index < -0.39 is 0 Å². The van der Waals surface area contributed by atoms with Gasteiger partial charge in [0.2, 0.25) is 0 Å². The average Bonchev–Trinajstić information content (AvgIpc) is 3.61. The van der Waals surface area contributed by atoms with Gasteiger partial charge in [0.1, 0.15) is 0 Å². The summed E-state index contributed by atoms with van der Waals surface area (Å²) in [5.41, 5.74) is 17.9. The van der Waals surface area contributed by atoms with Gasteiger partial charge in [-0.25, -0.2) is 0 Å². The van der Waals surface area contributed by atoms with E-state index in [1.54, 1.807) is 22.3 Å². The predicted molar refractivity (Wildman–Crippen MR) is 262 cm³/mol. The highest BCUT2D eigenvalue weighted by Crippen LogP contribution is 2.57. The van der Waals surface area contributed by atoms with E-state index in [0.717, 1.165) is 0 Å². The molecule has 2 aliphatic rings. The molecule has 4 nitrogen and oxygen atoms in total. The predicted octanol–water partition coefficient (Wildman–Crippen LogP) is 13.0. The summed E-state index contributed by atoms with van der Waals surface area (Å²) in [5.74, 6) is 0. The lowest BCUT2D eigenvalue weighted by molar-refractivity contribution is 0.359. The molecule has 0 heterocycles. The standard InChI is InChI=1S/C56H82N4/c1-43-23-27-47-49-29-25-45(41-53(49)55(51(47)39-43,31-15-11-19-35-57(3)4)32-16-12-20-36-58(5)6)46-26-30-50-48-28-24-44(2)40-52(48)56(54(50)42-46,33-17-13-21-37-59(7)8)34-18-14-22-38-60(9)10/h23-30,39-42H,11-22,31-38H2,1-10H3. The van der Waals surface area contributed by atoms with Crippen molar-refractivity contribution < 1.29 is 0 Å². The van der Waals surface area contributed by atoms with E-state index in [9.17, 15) is 0 Å². The van der Waals surface area contributed by atoms with E-state index in [2.05, 4.69) is 163 Å². The highest BCUT2D eigenvalue weighted by atomic mass is 15.1. The summed E-state index contributed by atoms with van der Waals surface area (Å²) in [7, 11) is 17.7. The molecule has 0 bridgehead atoms. The van der Waals surface area contributed by atoms with E-state index in [4.69, 9.17) is 0 Å². The molecular formula is C56H82N4. The maximum atomic E-state index is 2.67. The Kier molecular flexibility index (Phi) is 16.3. The first kappa shape index (κ1) is 46.2. The number of unbranched alkanes of at least 4 members (excludes halogenated alkanes) is 8. The minimum atomic E-state index is 0.0519. The molecule has 0 fully saturated rings.